The van der Waals surface area contributed by atoms with Crippen LogP contribution in [0.2, 0.25) is 0 Å². The summed E-state index contributed by atoms with van der Waals surface area (Å²) in [5.41, 5.74) is 0.428. The summed E-state index contributed by atoms with van der Waals surface area (Å²) in [5.74, 6) is -1.40. The highest BCUT2D eigenvalue weighted by Crippen LogP contribution is 2.21. The summed E-state index contributed by atoms with van der Waals surface area (Å²) in [6.07, 6.45) is 0.813. The summed E-state index contributed by atoms with van der Waals surface area (Å²) >= 11 is 0. The Morgan fingerprint density at radius 1 is 1.38 bits per heavy atom. The molecule has 130 valence electrons. The number of benzene rings is 1. The number of hydrogen-bond donors (Lipinski definition) is 1. The molecule has 0 bridgehead atoms. The van der Waals surface area contributed by atoms with Crippen molar-refractivity contribution in [2.24, 2.45) is 5.92 Å². The summed E-state index contributed by atoms with van der Waals surface area (Å²) < 4.78 is 18.2. The van der Waals surface area contributed by atoms with E-state index in [-0.39, 0.29) is 56.0 Å². The fourth-order valence-electron chi connectivity index (χ4n) is 2.65. The lowest BCUT2D eigenvalue weighted by molar-refractivity contribution is -0.140. The molecule has 1 atom stereocenters. The number of likely N-dealkylation sites (tertiary alicyclic amines) is 1. The summed E-state index contributed by atoms with van der Waals surface area (Å²) in [6, 6.07) is 6.28. The third-order valence-electron chi connectivity index (χ3n) is 4.05. The second-order valence-corrected chi connectivity index (χ2v) is 5.72. The quantitative estimate of drug-likeness (QED) is 0.793. The number of nitrogens with zero attached hydrogens (tertiary/aromatic N) is 1. The third-order valence-corrected chi connectivity index (χ3v) is 4.05. The molecule has 1 aromatic rings. The maximum atomic E-state index is 13.7. The van der Waals surface area contributed by atoms with Crippen molar-refractivity contribution in [3.05, 3.63) is 35.6 Å². The van der Waals surface area contributed by atoms with Crippen molar-refractivity contribution in [2.45, 2.75) is 25.8 Å². The van der Waals surface area contributed by atoms with Gasteiger partial charge in [0.25, 0.3) is 0 Å². The molecule has 2 amide bonds. The molecule has 0 radical (unpaired) electrons. The van der Waals surface area contributed by atoms with E-state index in [0.717, 1.165) is 0 Å². The van der Waals surface area contributed by atoms with Crippen LogP contribution in [0.3, 0.4) is 0 Å². The van der Waals surface area contributed by atoms with Gasteiger partial charge in [0.05, 0.1) is 19.4 Å². The Morgan fingerprint density at radius 2 is 2.12 bits per heavy atom. The van der Waals surface area contributed by atoms with Crippen LogP contribution in [0.25, 0.3) is 0 Å². The van der Waals surface area contributed by atoms with Crippen LogP contribution < -0.4 is 5.32 Å². The molecule has 1 fully saturated rings. The van der Waals surface area contributed by atoms with Gasteiger partial charge < -0.3 is 15.0 Å². The highest BCUT2D eigenvalue weighted by atomic mass is 19.1. The van der Waals surface area contributed by atoms with Gasteiger partial charge in [-0.3, -0.25) is 14.4 Å². The van der Waals surface area contributed by atoms with E-state index in [2.05, 4.69) is 10.1 Å². The van der Waals surface area contributed by atoms with Gasteiger partial charge in [-0.15, -0.1) is 0 Å². The average Bonchev–Trinajstić information content (AvgIpc) is 2.58. The molecular formula is C17H21FN2O4. The van der Waals surface area contributed by atoms with Crippen LogP contribution in [0.1, 0.15) is 24.8 Å². The SMILES string of the molecule is COC(=O)CCNC(=O)[C@@H]1CCC(=O)N(Cc2ccccc2F)C1. The molecule has 1 N–H and O–H groups in total. The minimum absolute atomic E-state index is 0.0862. The Balaban J connectivity index is 1.90. The number of amides is 2. The van der Waals surface area contributed by atoms with Crippen molar-refractivity contribution in [3.8, 4) is 0 Å². The first-order valence-corrected chi connectivity index (χ1v) is 7.87. The molecule has 0 aliphatic carbocycles. The molecule has 1 saturated heterocycles. The number of carbonyl (C=O) groups excluding carboxylic acids is 3. The van der Waals surface area contributed by atoms with Crippen molar-refractivity contribution < 1.29 is 23.5 Å². The van der Waals surface area contributed by atoms with Crippen molar-refractivity contribution >= 4 is 17.8 Å². The standard InChI is InChI=1S/C17H21FN2O4/c1-24-16(22)8-9-19-17(23)13-6-7-15(21)20(11-13)10-12-4-2-3-5-14(12)18/h2-5,13H,6-11H2,1H3,(H,19,23)/t13-/m1/s1. The van der Waals surface area contributed by atoms with Crippen LogP contribution >= 0.6 is 0 Å². The lowest BCUT2D eigenvalue weighted by Crippen LogP contribution is -2.45. The average molecular weight is 336 g/mol. The summed E-state index contributed by atoms with van der Waals surface area (Å²) in [6.45, 7) is 0.595. The molecule has 0 spiro atoms. The maximum absolute atomic E-state index is 13.7. The van der Waals surface area contributed by atoms with Gasteiger partial charge in [-0.2, -0.15) is 0 Å². The van der Waals surface area contributed by atoms with Gasteiger partial charge in [0.1, 0.15) is 5.82 Å². The van der Waals surface area contributed by atoms with Crippen molar-refractivity contribution in [3.63, 3.8) is 0 Å². The second-order valence-electron chi connectivity index (χ2n) is 5.72. The van der Waals surface area contributed by atoms with Crippen molar-refractivity contribution in [1.82, 2.24) is 10.2 Å². The fourth-order valence-corrected chi connectivity index (χ4v) is 2.65. The van der Waals surface area contributed by atoms with Crippen LogP contribution in [0.4, 0.5) is 4.39 Å². The predicted octanol–water partition coefficient (Wildman–Crippen LogP) is 1.24. The van der Waals surface area contributed by atoms with Crippen LogP contribution in [-0.4, -0.2) is 42.9 Å². The molecule has 0 aromatic heterocycles. The number of hydrogen-bond acceptors (Lipinski definition) is 4. The molecule has 1 aliphatic heterocycles. The predicted molar refractivity (Wildman–Crippen MR) is 84.2 cm³/mol. The Bertz CT molecular complexity index is 620. The molecule has 0 saturated carbocycles. The summed E-state index contributed by atoms with van der Waals surface area (Å²) in [5, 5.41) is 2.68. The van der Waals surface area contributed by atoms with Crippen molar-refractivity contribution in [1.29, 1.82) is 0 Å². The largest absolute Gasteiger partial charge is 0.469 e. The minimum atomic E-state index is -0.393. The zero-order chi connectivity index (χ0) is 17.5. The van der Waals surface area contributed by atoms with E-state index in [1.807, 2.05) is 0 Å². The molecule has 0 unspecified atom stereocenters. The smallest absolute Gasteiger partial charge is 0.307 e. The first kappa shape index (κ1) is 17.9. The van der Waals surface area contributed by atoms with Gasteiger partial charge in [-0.05, 0) is 12.5 Å². The van der Waals surface area contributed by atoms with Gasteiger partial charge in [0, 0.05) is 31.6 Å². The van der Waals surface area contributed by atoms with E-state index in [9.17, 15) is 18.8 Å². The number of nitrogens with one attached hydrogen (secondary N) is 1. The van der Waals surface area contributed by atoms with Gasteiger partial charge in [-0.1, -0.05) is 18.2 Å². The second kappa shape index (κ2) is 8.42. The number of halogens is 1. The van der Waals surface area contributed by atoms with Gasteiger partial charge in [-0.25, -0.2) is 4.39 Å². The van der Waals surface area contributed by atoms with Crippen LogP contribution in [0.5, 0.6) is 0 Å². The third kappa shape index (κ3) is 4.78. The Morgan fingerprint density at radius 3 is 2.83 bits per heavy atom. The first-order chi connectivity index (χ1) is 11.5. The van der Waals surface area contributed by atoms with Crippen LogP contribution in [0, 0.1) is 11.7 Å². The molecule has 1 aromatic carbocycles. The Hall–Kier alpha value is -2.44. The molecular weight excluding hydrogens is 315 g/mol. The monoisotopic (exact) mass is 336 g/mol. The molecule has 1 aliphatic rings. The molecule has 24 heavy (non-hydrogen) atoms. The van der Waals surface area contributed by atoms with Gasteiger partial charge >= 0.3 is 5.97 Å². The lowest BCUT2D eigenvalue weighted by Gasteiger charge is -2.32. The zero-order valence-corrected chi connectivity index (χ0v) is 13.6. The van der Waals surface area contributed by atoms with Crippen LogP contribution in [0.15, 0.2) is 24.3 Å². The number of methoxy groups -OCH3 is 1. The molecule has 6 nitrogen and oxygen atoms in total. The van der Waals surface area contributed by atoms with E-state index in [4.69, 9.17) is 0 Å². The van der Waals surface area contributed by atoms with Gasteiger partial charge in [0.2, 0.25) is 11.8 Å². The van der Waals surface area contributed by atoms with Crippen LogP contribution in [-0.2, 0) is 25.7 Å². The number of rotatable bonds is 6. The number of piperidine rings is 1. The Kier molecular flexibility index (Phi) is 6.28. The summed E-state index contributed by atoms with van der Waals surface area (Å²) in [7, 11) is 1.29. The fraction of sp³-hybridized carbons (Fsp3) is 0.471. The zero-order valence-electron chi connectivity index (χ0n) is 13.6. The topological polar surface area (TPSA) is 75.7 Å². The highest BCUT2D eigenvalue weighted by Gasteiger charge is 2.30. The lowest BCUT2D eigenvalue weighted by atomic mass is 9.96. The van der Waals surface area contributed by atoms with Gasteiger partial charge in [0.15, 0.2) is 0 Å². The molecule has 7 heteroatoms. The van der Waals surface area contributed by atoms with Crippen molar-refractivity contribution in [2.75, 3.05) is 20.2 Å². The normalized spacial score (nSPS) is 17.5. The first-order valence-electron chi connectivity index (χ1n) is 7.87. The molecule has 1 heterocycles. The summed E-state index contributed by atoms with van der Waals surface area (Å²) in [4.78, 5) is 36.7. The highest BCUT2D eigenvalue weighted by molar-refractivity contribution is 5.84. The van der Waals surface area contributed by atoms with E-state index in [1.165, 1.54) is 18.1 Å². The van der Waals surface area contributed by atoms with E-state index < -0.39 is 5.97 Å². The number of ether oxygens (including phenoxy) is 1. The molecule has 2 rings (SSSR count). The maximum Gasteiger partial charge on any atom is 0.307 e. The minimum Gasteiger partial charge on any atom is -0.469 e. The van der Waals surface area contributed by atoms with E-state index in [0.29, 0.717) is 12.0 Å². The van der Waals surface area contributed by atoms with E-state index >= 15 is 0 Å². The number of carbonyl (C=O) groups is 3. The Labute approximate surface area is 140 Å². The number of esters is 1. The van der Waals surface area contributed by atoms with E-state index in [1.54, 1.807) is 18.2 Å².